The summed E-state index contributed by atoms with van der Waals surface area (Å²) in [5.74, 6) is -1.23. The van der Waals surface area contributed by atoms with E-state index in [9.17, 15) is 22.4 Å². The number of amides is 1. The largest absolute Gasteiger partial charge is 0.391 e. The molecule has 1 amide bonds. The normalized spacial score (nSPS) is 29.3. The second-order valence-corrected chi connectivity index (χ2v) is 9.93. The lowest BCUT2D eigenvalue weighted by Gasteiger charge is -2.54. The molecule has 0 N–H and O–H groups in total. The quantitative estimate of drug-likeness (QED) is 0.511. The number of rotatable bonds is 2. The summed E-state index contributed by atoms with van der Waals surface area (Å²) in [5, 5.41) is 0.863. The molecule has 1 aliphatic heterocycles. The van der Waals surface area contributed by atoms with E-state index in [0.717, 1.165) is 55.0 Å². The highest BCUT2D eigenvalue weighted by Crippen LogP contribution is 2.59. The maximum absolute atomic E-state index is 13.8. The minimum absolute atomic E-state index is 0.0114. The van der Waals surface area contributed by atoms with Crippen LogP contribution in [0.1, 0.15) is 62.8 Å². The molecule has 32 heavy (non-hydrogen) atoms. The first-order valence-corrected chi connectivity index (χ1v) is 11.7. The number of nitrogens with zero attached hydrogens (tertiary/aromatic N) is 2. The number of aromatic nitrogens is 1. The number of piperidine rings is 1. The summed E-state index contributed by atoms with van der Waals surface area (Å²) >= 11 is 0. The third-order valence-electron chi connectivity index (χ3n) is 8.40. The van der Waals surface area contributed by atoms with Crippen molar-refractivity contribution < 1.29 is 22.4 Å². The molecule has 3 aliphatic rings. The molecule has 3 nitrogen and oxygen atoms in total. The van der Waals surface area contributed by atoms with Crippen molar-refractivity contribution in [2.24, 2.45) is 17.3 Å². The van der Waals surface area contributed by atoms with Crippen LogP contribution >= 0.6 is 0 Å². The minimum atomic E-state index is -4.16. The average molecular weight is 449 g/mol. The van der Waals surface area contributed by atoms with E-state index >= 15 is 0 Å². The van der Waals surface area contributed by atoms with E-state index in [1.54, 1.807) is 23.2 Å². The number of likely N-dealkylation sites (tertiary alicyclic amines) is 1. The number of hydrogen-bond acceptors (Lipinski definition) is 2. The van der Waals surface area contributed by atoms with Crippen LogP contribution in [-0.4, -0.2) is 35.1 Å². The summed E-state index contributed by atoms with van der Waals surface area (Å²) in [5.41, 5.74) is 1.91. The number of pyridine rings is 1. The number of halogens is 4. The van der Waals surface area contributed by atoms with Crippen molar-refractivity contribution in [3.05, 3.63) is 41.8 Å². The first kappa shape index (κ1) is 21.7. The smallest absolute Gasteiger partial charge is 0.342 e. The van der Waals surface area contributed by atoms with Crippen LogP contribution < -0.4 is 0 Å². The van der Waals surface area contributed by atoms with Crippen LogP contribution in [0.15, 0.2) is 30.5 Å². The first-order valence-electron chi connectivity index (χ1n) is 11.7. The summed E-state index contributed by atoms with van der Waals surface area (Å²) in [7, 11) is 0. The van der Waals surface area contributed by atoms with Gasteiger partial charge in [0.05, 0.1) is 11.4 Å². The molecule has 3 fully saturated rings. The van der Waals surface area contributed by atoms with Gasteiger partial charge in [0.2, 0.25) is 5.91 Å². The third kappa shape index (κ3) is 3.77. The number of fused-ring (bicyclic) bond motifs is 1. The monoisotopic (exact) mass is 448 g/mol. The molecule has 1 spiro atoms. The van der Waals surface area contributed by atoms with Crippen molar-refractivity contribution >= 4 is 16.8 Å². The van der Waals surface area contributed by atoms with E-state index in [-0.39, 0.29) is 49.0 Å². The maximum atomic E-state index is 13.8. The van der Waals surface area contributed by atoms with E-state index < -0.39 is 12.1 Å². The molecule has 0 unspecified atom stereocenters. The van der Waals surface area contributed by atoms with Crippen LogP contribution in [0.4, 0.5) is 17.6 Å². The van der Waals surface area contributed by atoms with Crippen molar-refractivity contribution in [3.8, 4) is 0 Å². The van der Waals surface area contributed by atoms with Crippen LogP contribution in [0.5, 0.6) is 0 Å². The van der Waals surface area contributed by atoms with Gasteiger partial charge in [0.15, 0.2) is 0 Å². The predicted octanol–water partition coefficient (Wildman–Crippen LogP) is 6.23. The summed E-state index contributed by atoms with van der Waals surface area (Å²) in [6.45, 7) is 0.430. The minimum Gasteiger partial charge on any atom is -0.342 e. The van der Waals surface area contributed by atoms with Crippen LogP contribution in [-0.2, 0) is 4.79 Å². The zero-order valence-electron chi connectivity index (χ0n) is 18.0. The van der Waals surface area contributed by atoms with Gasteiger partial charge in [-0.2, -0.15) is 13.2 Å². The van der Waals surface area contributed by atoms with Crippen molar-refractivity contribution in [2.45, 2.75) is 63.5 Å². The number of carbonyl (C=O) groups excluding carboxylic acids is 1. The molecule has 1 saturated heterocycles. The van der Waals surface area contributed by atoms with Crippen molar-refractivity contribution in [2.75, 3.05) is 13.1 Å². The highest BCUT2D eigenvalue weighted by atomic mass is 19.4. The molecule has 7 heteroatoms. The predicted molar refractivity (Wildman–Crippen MR) is 113 cm³/mol. The summed E-state index contributed by atoms with van der Waals surface area (Å²) in [4.78, 5) is 19.2. The molecule has 1 aromatic carbocycles. The lowest BCUT2D eigenvalue weighted by Crippen LogP contribution is -2.53. The Morgan fingerprint density at radius 1 is 1.00 bits per heavy atom. The second-order valence-electron chi connectivity index (χ2n) is 9.93. The van der Waals surface area contributed by atoms with Gasteiger partial charge >= 0.3 is 6.18 Å². The van der Waals surface area contributed by atoms with Crippen LogP contribution in [0, 0.1) is 23.1 Å². The number of alkyl halides is 3. The molecule has 2 heterocycles. The van der Waals surface area contributed by atoms with Crippen molar-refractivity contribution in [3.63, 3.8) is 0 Å². The fourth-order valence-electron chi connectivity index (χ4n) is 6.33. The van der Waals surface area contributed by atoms with Crippen molar-refractivity contribution in [1.29, 1.82) is 0 Å². The van der Waals surface area contributed by atoms with Gasteiger partial charge in [-0.15, -0.1) is 0 Å². The zero-order chi connectivity index (χ0) is 22.5. The van der Waals surface area contributed by atoms with Crippen molar-refractivity contribution in [1.82, 2.24) is 9.88 Å². The van der Waals surface area contributed by atoms with Gasteiger partial charge in [-0.05, 0) is 92.5 Å². The number of hydrogen-bond donors (Lipinski definition) is 0. The fraction of sp³-hybridized carbons (Fsp3) is 0.600. The van der Waals surface area contributed by atoms with E-state index in [1.165, 1.54) is 6.07 Å². The Hall–Kier alpha value is -2.18. The SMILES string of the molecule is O=C([C@H]1CC[C@]12CC[C@H](c1ccnc3ccc(F)cc31)CC2)N1CCC(C(F)(F)F)CC1. The second kappa shape index (κ2) is 7.99. The van der Waals surface area contributed by atoms with E-state index in [2.05, 4.69) is 4.98 Å². The Kier molecular flexibility index (Phi) is 5.41. The van der Waals surface area contributed by atoms with Gasteiger partial charge in [-0.25, -0.2) is 4.39 Å². The van der Waals surface area contributed by atoms with Gasteiger partial charge in [-0.1, -0.05) is 0 Å². The molecular weight excluding hydrogens is 420 g/mol. The van der Waals surface area contributed by atoms with Gasteiger partial charge in [0, 0.05) is 30.6 Å². The number of carbonyl (C=O) groups is 1. The Morgan fingerprint density at radius 2 is 1.69 bits per heavy atom. The highest BCUT2D eigenvalue weighted by molar-refractivity contribution is 5.83. The molecule has 2 aromatic rings. The topological polar surface area (TPSA) is 33.2 Å². The molecule has 1 aromatic heterocycles. The standard InChI is InChI=1S/C25H28F4N2O/c26-18-1-2-22-20(15-18)19(6-12-30-22)16-3-9-24(10-4-16)11-5-21(24)23(32)31-13-7-17(8-14-31)25(27,28)29/h1-2,6,12,15-17,21H,3-5,7-11,13-14H2/t16-,21-,24+/m1/s1. The molecule has 5 rings (SSSR count). The Morgan fingerprint density at radius 3 is 2.31 bits per heavy atom. The molecule has 1 atom stereocenters. The Labute approximate surface area is 185 Å². The van der Waals surface area contributed by atoms with Gasteiger partial charge in [0.1, 0.15) is 5.82 Å². The molecule has 0 bridgehead atoms. The average Bonchev–Trinajstić information content (AvgIpc) is 2.77. The zero-order valence-corrected chi connectivity index (χ0v) is 18.0. The van der Waals surface area contributed by atoms with E-state index in [1.807, 2.05) is 6.07 Å². The lowest BCUT2D eigenvalue weighted by molar-refractivity contribution is -0.188. The van der Waals surface area contributed by atoms with Crippen LogP contribution in [0.25, 0.3) is 10.9 Å². The summed E-state index contributed by atoms with van der Waals surface area (Å²) in [6, 6.07) is 6.68. The van der Waals surface area contributed by atoms with Gasteiger partial charge < -0.3 is 4.90 Å². The van der Waals surface area contributed by atoms with E-state index in [0.29, 0.717) is 5.92 Å². The Balaban J connectivity index is 1.24. The third-order valence-corrected chi connectivity index (χ3v) is 8.40. The van der Waals surface area contributed by atoms with Crippen LogP contribution in [0.3, 0.4) is 0 Å². The Bertz CT molecular complexity index is 1000. The molecular formula is C25H28F4N2O. The molecule has 172 valence electrons. The maximum Gasteiger partial charge on any atom is 0.391 e. The van der Waals surface area contributed by atoms with Crippen LogP contribution in [0.2, 0.25) is 0 Å². The first-order chi connectivity index (χ1) is 15.3. The molecule has 2 saturated carbocycles. The highest BCUT2D eigenvalue weighted by Gasteiger charge is 2.53. The lowest BCUT2D eigenvalue weighted by atomic mass is 9.52. The van der Waals surface area contributed by atoms with E-state index in [4.69, 9.17) is 0 Å². The summed E-state index contributed by atoms with van der Waals surface area (Å²) in [6.07, 6.45) is 3.26. The molecule has 0 radical (unpaired) electrons. The van der Waals surface area contributed by atoms with Gasteiger partial charge in [0.25, 0.3) is 0 Å². The van der Waals surface area contributed by atoms with Gasteiger partial charge in [-0.3, -0.25) is 9.78 Å². The molecule has 2 aliphatic carbocycles. The summed E-state index contributed by atoms with van der Waals surface area (Å²) < 4.78 is 52.7. The fourth-order valence-corrected chi connectivity index (χ4v) is 6.33. The number of benzene rings is 1.